The van der Waals surface area contributed by atoms with Crippen molar-refractivity contribution < 1.29 is 18.5 Å². The van der Waals surface area contributed by atoms with Crippen molar-refractivity contribution in [1.29, 1.82) is 0 Å². The number of ether oxygens (including phenoxy) is 1. The maximum atomic E-state index is 11.3. The van der Waals surface area contributed by atoms with Crippen molar-refractivity contribution in [3.05, 3.63) is 0 Å². The Morgan fingerprint density at radius 2 is 2.12 bits per heavy atom. The molecule has 0 aromatic carbocycles. The summed E-state index contributed by atoms with van der Waals surface area (Å²) in [5, 5.41) is 2.48. The molecule has 0 saturated carbocycles. The van der Waals surface area contributed by atoms with Crippen LogP contribution in [0.1, 0.15) is 13.3 Å². The standard InChI is InChI=1S/C9H18N2O4S/c1-3-15-9(13)7(10)8(12)11-5-4-6-16(2)14/h7H,3-6,10H2,1-2H3,(H,11,12). The lowest BCUT2D eigenvalue weighted by molar-refractivity contribution is -0.147. The number of rotatable bonds is 7. The van der Waals surface area contributed by atoms with Gasteiger partial charge in [0.2, 0.25) is 5.91 Å². The van der Waals surface area contributed by atoms with Gasteiger partial charge in [-0.1, -0.05) is 0 Å². The largest absolute Gasteiger partial charge is 0.464 e. The third-order valence-corrected chi connectivity index (χ3v) is 2.59. The van der Waals surface area contributed by atoms with Gasteiger partial charge < -0.3 is 15.8 Å². The molecule has 0 aliphatic heterocycles. The Morgan fingerprint density at radius 1 is 1.50 bits per heavy atom. The van der Waals surface area contributed by atoms with Gasteiger partial charge in [0.25, 0.3) is 0 Å². The highest BCUT2D eigenvalue weighted by Gasteiger charge is 2.22. The fourth-order valence-corrected chi connectivity index (χ4v) is 1.49. The highest BCUT2D eigenvalue weighted by Crippen LogP contribution is 1.87. The lowest BCUT2D eigenvalue weighted by atomic mass is 10.3. The van der Waals surface area contributed by atoms with Crippen LogP contribution in [0.5, 0.6) is 0 Å². The van der Waals surface area contributed by atoms with E-state index >= 15 is 0 Å². The van der Waals surface area contributed by atoms with E-state index in [0.29, 0.717) is 18.7 Å². The summed E-state index contributed by atoms with van der Waals surface area (Å²) in [6.07, 6.45) is 2.18. The van der Waals surface area contributed by atoms with E-state index in [-0.39, 0.29) is 6.61 Å². The van der Waals surface area contributed by atoms with Gasteiger partial charge in [-0.15, -0.1) is 0 Å². The normalized spacial score (nSPS) is 13.9. The first kappa shape index (κ1) is 15.0. The van der Waals surface area contributed by atoms with E-state index in [9.17, 15) is 13.8 Å². The molecule has 1 amide bonds. The fraction of sp³-hybridized carbons (Fsp3) is 0.778. The van der Waals surface area contributed by atoms with Gasteiger partial charge in [0, 0.05) is 29.4 Å². The Bertz CT molecular complexity index is 270. The van der Waals surface area contributed by atoms with Crippen molar-refractivity contribution in [2.24, 2.45) is 5.73 Å². The number of hydrogen-bond acceptors (Lipinski definition) is 5. The molecule has 0 spiro atoms. The highest BCUT2D eigenvalue weighted by atomic mass is 32.2. The van der Waals surface area contributed by atoms with Gasteiger partial charge in [-0.05, 0) is 13.3 Å². The number of amides is 1. The molecular weight excluding hydrogens is 232 g/mol. The first-order valence-corrected chi connectivity index (χ1v) is 6.71. The summed E-state index contributed by atoms with van der Waals surface area (Å²) >= 11 is 0. The molecule has 3 N–H and O–H groups in total. The molecule has 0 rings (SSSR count). The molecule has 0 fully saturated rings. The SMILES string of the molecule is CCOC(=O)C(N)C(=O)NCCCS(C)=O. The summed E-state index contributed by atoms with van der Waals surface area (Å²) in [4.78, 5) is 22.4. The van der Waals surface area contributed by atoms with E-state index < -0.39 is 28.7 Å². The van der Waals surface area contributed by atoms with Gasteiger partial charge in [0.15, 0.2) is 6.04 Å². The molecule has 6 nitrogen and oxygen atoms in total. The van der Waals surface area contributed by atoms with Crippen LogP contribution < -0.4 is 11.1 Å². The molecule has 0 aromatic heterocycles. The highest BCUT2D eigenvalue weighted by molar-refractivity contribution is 7.84. The predicted molar refractivity (Wildman–Crippen MR) is 61.2 cm³/mol. The summed E-state index contributed by atoms with van der Waals surface area (Å²) in [5.74, 6) is -0.797. The zero-order valence-electron chi connectivity index (χ0n) is 9.52. The van der Waals surface area contributed by atoms with E-state index in [1.165, 1.54) is 0 Å². The van der Waals surface area contributed by atoms with Crippen LogP contribution in [0.3, 0.4) is 0 Å². The second-order valence-electron chi connectivity index (χ2n) is 3.15. The molecule has 0 aromatic rings. The summed E-state index contributed by atoms with van der Waals surface area (Å²) in [6, 6.07) is -1.29. The van der Waals surface area contributed by atoms with Crippen molar-refractivity contribution in [3.8, 4) is 0 Å². The Balaban J connectivity index is 3.79. The molecule has 0 radical (unpaired) electrons. The zero-order valence-corrected chi connectivity index (χ0v) is 10.3. The summed E-state index contributed by atoms with van der Waals surface area (Å²) in [7, 11) is -0.877. The number of carbonyl (C=O) groups is 2. The second kappa shape index (κ2) is 8.23. The van der Waals surface area contributed by atoms with Crippen LogP contribution in [0.2, 0.25) is 0 Å². The number of hydrogen-bond donors (Lipinski definition) is 2. The quantitative estimate of drug-likeness (QED) is 0.334. The van der Waals surface area contributed by atoms with E-state index in [0.717, 1.165) is 0 Å². The molecular formula is C9H18N2O4S. The second-order valence-corrected chi connectivity index (χ2v) is 4.71. The molecule has 2 unspecified atom stereocenters. The maximum absolute atomic E-state index is 11.3. The Hall–Kier alpha value is -0.950. The lowest BCUT2D eigenvalue weighted by Gasteiger charge is -2.10. The smallest absolute Gasteiger partial charge is 0.332 e. The van der Waals surface area contributed by atoms with Crippen LogP contribution in [0, 0.1) is 0 Å². The Kier molecular flexibility index (Phi) is 7.74. The number of nitrogens with two attached hydrogens (primary N) is 1. The molecule has 0 aliphatic carbocycles. The Labute approximate surface area is 97.4 Å². The fourth-order valence-electron chi connectivity index (χ4n) is 0.936. The zero-order chi connectivity index (χ0) is 12.6. The van der Waals surface area contributed by atoms with Crippen LogP contribution >= 0.6 is 0 Å². The minimum absolute atomic E-state index is 0.189. The van der Waals surface area contributed by atoms with Crippen LogP contribution in [0.4, 0.5) is 0 Å². The number of nitrogens with one attached hydrogen (secondary N) is 1. The van der Waals surface area contributed by atoms with E-state index in [4.69, 9.17) is 5.73 Å². The van der Waals surface area contributed by atoms with Crippen LogP contribution in [-0.4, -0.2) is 47.3 Å². The number of esters is 1. The lowest BCUT2D eigenvalue weighted by Crippen LogP contribution is -2.47. The van der Waals surface area contributed by atoms with E-state index in [2.05, 4.69) is 10.1 Å². The van der Waals surface area contributed by atoms with Crippen molar-refractivity contribution >= 4 is 22.7 Å². The first-order valence-electron chi connectivity index (χ1n) is 4.99. The van der Waals surface area contributed by atoms with E-state index in [1.807, 2.05) is 0 Å². The van der Waals surface area contributed by atoms with Crippen LogP contribution in [0.25, 0.3) is 0 Å². The molecule has 7 heteroatoms. The summed E-state index contributed by atoms with van der Waals surface area (Å²) < 4.78 is 15.3. The van der Waals surface area contributed by atoms with Crippen molar-refractivity contribution in [2.45, 2.75) is 19.4 Å². The van der Waals surface area contributed by atoms with Gasteiger partial charge in [0.1, 0.15) is 0 Å². The van der Waals surface area contributed by atoms with Gasteiger partial charge in [-0.2, -0.15) is 0 Å². The summed E-state index contributed by atoms with van der Waals surface area (Å²) in [5.41, 5.74) is 5.34. The molecule has 2 atom stereocenters. The molecule has 0 saturated heterocycles. The third-order valence-electron chi connectivity index (χ3n) is 1.73. The number of carbonyl (C=O) groups excluding carboxylic acids is 2. The molecule has 0 heterocycles. The average Bonchev–Trinajstić information content (AvgIpc) is 2.23. The van der Waals surface area contributed by atoms with Crippen molar-refractivity contribution in [3.63, 3.8) is 0 Å². The minimum Gasteiger partial charge on any atom is -0.464 e. The minimum atomic E-state index is -1.29. The van der Waals surface area contributed by atoms with Gasteiger partial charge >= 0.3 is 5.97 Å². The van der Waals surface area contributed by atoms with Gasteiger partial charge in [-0.25, -0.2) is 4.79 Å². The van der Waals surface area contributed by atoms with E-state index in [1.54, 1.807) is 13.2 Å². The first-order chi connectivity index (χ1) is 7.49. The third kappa shape index (κ3) is 6.52. The predicted octanol–water partition coefficient (Wildman–Crippen LogP) is -1.24. The van der Waals surface area contributed by atoms with Gasteiger partial charge in [-0.3, -0.25) is 9.00 Å². The summed E-state index contributed by atoms with van der Waals surface area (Å²) in [6.45, 7) is 2.18. The Morgan fingerprint density at radius 3 is 2.62 bits per heavy atom. The van der Waals surface area contributed by atoms with Crippen molar-refractivity contribution in [2.75, 3.05) is 25.2 Å². The average molecular weight is 250 g/mol. The van der Waals surface area contributed by atoms with Crippen LogP contribution in [-0.2, 0) is 25.1 Å². The molecule has 94 valence electrons. The molecule has 16 heavy (non-hydrogen) atoms. The molecule has 0 bridgehead atoms. The van der Waals surface area contributed by atoms with Crippen LogP contribution in [0.15, 0.2) is 0 Å². The van der Waals surface area contributed by atoms with Gasteiger partial charge in [0.05, 0.1) is 6.61 Å². The topological polar surface area (TPSA) is 98.5 Å². The monoisotopic (exact) mass is 250 g/mol. The molecule has 0 aliphatic rings. The van der Waals surface area contributed by atoms with Crippen molar-refractivity contribution in [1.82, 2.24) is 5.32 Å². The maximum Gasteiger partial charge on any atom is 0.332 e.